The molecule has 6 nitrogen and oxygen atoms in total. The Morgan fingerprint density at radius 3 is 2.18 bits per heavy atom. The van der Waals surface area contributed by atoms with Crippen molar-refractivity contribution in [1.29, 1.82) is 0 Å². The summed E-state index contributed by atoms with van der Waals surface area (Å²) in [6.45, 7) is 5.10. The van der Waals surface area contributed by atoms with Gasteiger partial charge in [-0.1, -0.05) is 32.0 Å². The second-order valence-electron chi connectivity index (χ2n) is 6.46. The van der Waals surface area contributed by atoms with Gasteiger partial charge in [-0.05, 0) is 49.2 Å². The normalized spacial score (nSPS) is 11.4. The van der Waals surface area contributed by atoms with Crippen LogP contribution in [0.1, 0.15) is 37.0 Å². The average Bonchev–Trinajstić information content (AvgIpc) is 2.71. The van der Waals surface area contributed by atoms with Crippen LogP contribution in [-0.4, -0.2) is 45.5 Å². The van der Waals surface area contributed by atoms with Crippen molar-refractivity contribution >= 4 is 21.6 Å². The molecule has 1 amide bonds. The Kier molecular flexibility index (Phi) is 8.02. The fourth-order valence-corrected chi connectivity index (χ4v) is 4.11. The molecule has 0 heterocycles. The van der Waals surface area contributed by atoms with Crippen LogP contribution in [0.3, 0.4) is 0 Å². The first-order valence-electron chi connectivity index (χ1n) is 9.40. The molecule has 2 aromatic rings. The van der Waals surface area contributed by atoms with Crippen LogP contribution in [0.4, 0.5) is 5.69 Å². The molecule has 152 valence electrons. The first-order valence-corrected chi connectivity index (χ1v) is 10.9. The van der Waals surface area contributed by atoms with Gasteiger partial charge in [0.15, 0.2) is 0 Å². The number of rotatable bonds is 10. The Hall–Kier alpha value is -2.38. The highest BCUT2D eigenvalue weighted by Gasteiger charge is 2.22. The topological polar surface area (TPSA) is 75.7 Å². The highest BCUT2D eigenvalue weighted by Crippen LogP contribution is 2.19. The zero-order valence-corrected chi connectivity index (χ0v) is 17.4. The highest BCUT2D eigenvalue weighted by molar-refractivity contribution is 7.92. The van der Waals surface area contributed by atoms with Crippen molar-refractivity contribution in [3.63, 3.8) is 0 Å². The molecule has 0 unspecified atom stereocenters. The molecule has 1 N–H and O–H groups in total. The van der Waals surface area contributed by atoms with Gasteiger partial charge in [0.25, 0.3) is 15.9 Å². The number of sulfonamides is 1. The minimum Gasteiger partial charge on any atom is -0.383 e. The van der Waals surface area contributed by atoms with Gasteiger partial charge in [0, 0.05) is 30.9 Å². The van der Waals surface area contributed by atoms with Gasteiger partial charge in [-0.15, -0.1) is 0 Å². The highest BCUT2D eigenvalue weighted by atomic mass is 32.2. The lowest BCUT2D eigenvalue weighted by Gasteiger charge is -2.30. The van der Waals surface area contributed by atoms with Crippen molar-refractivity contribution < 1.29 is 17.9 Å². The third-order valence-electron chi connectivity index (χ3n) is 4.62. The average molecular weight is 405 g/mol. The molecule has 0 atom stereocenters. The monoisotopic (exact) mass is 404 g/mol. The quantitative estimate of drug-likeness (QED) is 0.654. The fourth-order valence-electron chi connectivity index (χ4n) is 3.03. The van der Waals surface area contributed by atoms with Crippen LogP contribution < -0.4 is 4.72 Å². The molecule has 2 aromatic carbocycles. The number of hydrogen-bond donors (Lipinski definition) is 1. The lowest BCUT2D eigenvalue weighted by molar-refractivity contribution is 0.0589. The molecule has 0 aliphatic rings. The van der Waals surface area contributed by atoms with E-state index in [0.717, 1.165) is 12.8 Å². The minimum absolute atomic E-state index is 0.0804. The molecule has 28 heavy (non-hydrogen) atoms. The molecule has 0 aromatic heterocycles. The molecule has 0 spiro atoms. The van der Waals surface area contributed by atoms with Crippen LogP contribution in [0.25, 0.3) is 0 Å². The predicted octanol–water partition coefficient (Wildman–Crippen LogP) is 3.76. The van der Waals surface area contributed by atoms with E-state index in [2.05, 4.69) is 18.6 Å². The van der Waals surface area contributed by atoms with E-state index in [-0.39, 0.29) is 16.8 Å². The van der Waals surface area contributed by atoms with E-state index in [9.17, 15) is 13.2 Å². The second kappa shape index (κ2) is 10.2. The van der Waals surface area contributed by atoms with Crippen molar-refractivity contribution in [3.05, 3.63) is 60.2 Å². The maximum Gasteiger partial charge on any atom is 0.261 e. The molecule has 7 heteroatoms. The summed E-state index contributed by atoms with van der Waals surface area (Å²) in [5, 5.41) is 0. The number of carbonyl (C=O) groups is 1. The molecule has 0 saturated heterocycles. The summed E-state index contributed by atoms with van der Waals surface area (Å²) in [6.07, 6.45) is 1.72. The van der Waals surface area contributed by atoms with E-state index < -0.39 is 10.0 Å². The van der Waals surface area contributed by atoms with Crippen molar-refractivity contribution in [2.24, 2.45) is 0 Å². The SMILES string of the molecule is CCC(CC)N(CCOC)C(=O)c1ccc(NS(=O)(=O)c2ccccc2)cc1. The third kappa shape index (κ3) is 5.56. The molecule has 0 fully saturated rings. The Bertz CT molecular complexity index is 848. The van der Waals surface area contributed by atoms with E-state index in [1.807, 2.05) is 4.90 Å². The van der Waals surface area contributed by atoms with Crippen LogP contribution in [-0.2, 0) is 14.8 Å². The lowest BCUT2D eigenvalue weighted by Crippen LogP contribution is -2.41. The third-order valence-corrected chi connectivity index (χ3v) is 6.02. The van der Waals surface area contributed by atoms with E-state index in [1.165, 1.54) is 12.1 Å². The van der Waals surface area contributed by atoms with Gasteiger partial charge in [-0.25, -0.2) is 8.42 Å². The molecular weight excluding hydrogens is 376 g/mol. The zero-order chi connectivity index (χ0) is 20.6. The zero-order valence-electron chi connectivity index (χ0n) is 16.6. The Morgan fingerprint density at radius 1 is 1.04 bits per heavy atom. The second-order valence-corrected chi connectivity index (χ2v) is 8.14. The number of nitrogens with zero attached hydrogens (tertiary/aromatic N) is 1. The Morgan fingerprint density at radius 2 is 1.64 bits per heavy atom. The van der Waals surface area contributed by atoms with Crippen molar-refractivity contribution in [2.75, 3.05) is 25.0 Å². The molecule has 0 saturated carbocycles. The largest absolute Gasteiger partial charge is 0.383 e. The first-order chi connectivity index (χ1) is 13.4. The van der Waals surface area contributed by atoms with E-state index in [1.54, 1.807) is 49.6 Å². The van der Waals surface area contributed by atoms with Crippen LogP contribution in [0.15, 0.2) is 59.5 Å². The van der Waals surface area contributed by atoms with E-state index in [4.69, 9.17) is 4.74 Å². The van der Waals surface area contributed by atoms with Crippen molar-refractivity contribution in [1.82, 2.24) is 4.90 Å². The van der Waals surface area contributed by atoms with Crippen molar-refractivity contribution in [2.45, 2.75) is 37.6 Å². The van der Waals surface area contributed by atoms with Crippen molar-refractivity contribution in [3.8, 4) is 0 Å². The minimum atomic E-state index is -3.66. The summed E-state index contributed by atoms with van der Waals surface area (Å²) in [5.41, 5.74) is 0.928. The number of methoxy groups -OCH3 is 1. The van der Waals surface area contributed by atoms with Gasteiger partial charge >= 0.3 is 0 Å². The maximum atomic E-state index is 13.0. The molecule has 0 aliphatic carbocycles. The summed E-state index contributed by atoms with van der Waals surface area (Å²) in [4.78, 5) is 15.0. The van der Waals surface area contributed by atoms with E-state index in [0.29, 0.717) is 24.4 Å². The standard InChI is InChI=1S/C21H28N2O4S/c1-4-19(5-2)23(15-16-27-3)21(24)17-11-13-18(14-12-17)22-28(25,26)20-9-7-6-8-10-20/h6-14,19,22H,4-5,15-16H2,1-3H3. The summed E-state index contributed by atoms with van der Waals surface area (Å²) in [7, 11) is -2.04. The van der Waals surface area contributed by atoms with Crippen LogP contribution in [0, 0.1) is 0 Å². The number of anilines is 1. The number of benzene rings is 2. The number of nitrogens with one attached hydrogen (secondary N) is 1. The smallest absolute Gasteiger partial charge is 0.261 e. The van der Waals surface area contributed by atoms with Gasteiger partial charge in [0.1, 0.15) is 0 Å². The number of carbonyl (C=O) groups excluding carboxylic acids is 1. The van der Waals surface area contributed by atoms with E-state index >= 15 is 0 Å². The van der Waals surface area contributed by atoms with Gasteiger partial charge < -0.3 is 9.64 Å². The summed E-state index contributed by atoms with van der Waals surface area (Å²) in [6, 6.07) is 14.8. The molecule has 0 radical (unpaired) electrons. The van der Waals surface area contributed by atoms with Crippen LogP contribution in [0.5, 0.6) is 0 Å². The van der Waals surface area contributed by atoms with Crippen LogP contribution >= 0.6 is 0 Å². The van der Waals surface area contributed by atoms with Gasteiger partial charge in [-0.2, -0.15) is 0 Å². The summed E-state index contributed by atoms with van der Waals surface area (Å²) in [5.74, 6) is -0.0804. The number of hydrogen-bond acceptors (Lipinski definition) is 4. The maximum absolute atomic E-state index is 13.0. The number of amides is 1. The van der Waals surface area contributed by atoms with Crippen LogP contribution in [0.2, 0.25) is 0 Å². The van der Waals surface area contributed by atoms with Gasteiger partial charge in [0.05, 0.1) is 11.5 Å². The predicted molar refractivity (Wildman–Crippen MR) is 111 cm³/mol. The molecule has 0 bridgehead atoms. The summed E-state index contributed by atoms with van der Waals surface area (Å²) < 4.78 is 32.5. The summed E-state index contributed by atoms with van der Waals surface area (Å²) >= 11 is 0. The fraction of sp³-hybridized carbons (Fsp3) is 0.381. The molecule has 0 aliphatic heterocycles. The van der Waals surface area contributed by atoms with Gasteiger partial charge in [0.2, 0.25) is 0 Å². The van der Waals surface area contributed by atoms with Gasteiger partial charge in [-0.3, -0.25) is 9.52 Å². The Labute approximate surface area is 167 Å². The number of ether oxygens (including phenoxy) is 1. The molecular formula is C21H28N2O4S. The Balaban J connectivity index is 2.17. The first kappa shape index (κ1) is 21.9. The lowest BCUT2D eigenvalue weighted by atomic mass is 10.1. The molecule has 2 rings (SSSR count).